The van der Waals surface area contributed by atoms with Crippen molar-refractivity contribution in [3.63, 3.8) is 0 Å². The summed E-state index contributed by atoms with van der Waals surface area (Å²) in [7, 11) is 0. The van der Waals surface area contributed by atoms with Gasteiger partial charge in [-0.15, -0.1) is 11.8 Å². The maximum atomic E-state index is 3.88. The third kappa shape index (κ3) is 1.59. The zero-order chi connectivity index (χ0) is 11.0. The highest BCUT2D eigenvalue weighted by Crippen LogP contribution is 2.47. The summed E-state index contributed by atoms with van der Waals surface area (Å²) < 4.78 is 0. The molecule has 2 aliphatic rings. The molecule has 1 N–H and O–H groups in total. The highest BCUT2D eigenvalue weighted by atomic mass is 32.2. The van der Waals surface area contributed by atoms with Gasteiger partial charge in [0, 0.05) is 11.8 Å². The van der Waals surface area contributed by atoms with E-state index in [1.807, 2.05) is 0 Å². The summed E-state index contributed by atoms with van der Waals surface area (Å²) in [5.41, 5.74) is 3.12. The molecular formula is C14H19NS. The molecule has 1 fully saturated rings. The first-order valence-electron chi connectivity index (χ1n) is 6.34. The van der Waals surface area contributed by atoms with Crippen LogP contribution in [0.5, 0.6) is 0 Å². The van der Waals surface area contributed by atoms with Gasteiger partial charge >= 0.3 is 0 Å². The molecule has 0 amide bonds. The molecule has 16 heavy (non-hydrogen) atoms. The number of thioether (sulfide) groups is 1. The van der Waals surface area contributed by atoms with Crippen LogP contribution in [-0.2, 0) is 11.3 Å². The summed E-state index contributed by atoms with van der Waals surface area (Å²) in [5, 5.41) is 3.88. The summed E-state index contributed by atoms with van der Waals surface area (Å²) >= 11 is 2.13. The van der Waals surface area contributed by atoms with Crippen molar-refractivity contribution in [3.8, 4) is 0 Å². The largest absolute Gasteiger partial charge is 0.295 e. The number of benzene rings is 1. The molecule has 2 atom stereocenters. The lowest BCUT2D eigenvalue weighted by Crippen LogP contribution is -2.41. The van der Waals surface area contributed by atoms with Crippen LogP contribution in [-0.4, -0.2) is 11.8 Å². The molecule has 3 rings (SSSR count). The Morgan fingerprint density at radius 3 is 3.12 bits per heavy atom. The normalized spacial score (nSPS) is 32.9. The molecule has 1 heterocycles. The Balaban J connectivity index is 1.98. The van der Waals surface area contributed by atoms with E-state index in [2.05, 4.69) is 48.3 Å². The fourth-order valence-corrected chi connectivity index (χ4v) is 4.67. The number of rotatable bonds is 1. The lowest BCUT2D eigenvalue weighted by Gasteiger charge is -2.36. The van der Waals surface area contributed by atoms with Gasteiger partial charge in [-0.1, -0.05) is 31.2 Å². The van der Waals surface area contributed by atoms with E-state index >= 15 is 0 Å². The van der Waals surface area contributed by atoms with Crippen LogP contribution in [0.25, 0.3) is 0 Å². The van der Waals surface area contributed by atoms with E-state index in [0.29, 0.717) is 6.04 Å². The average molecular weight is 233 g/mol. The summed E-state index contributed by atoms with van der Waals surface area (Å²) in [6.07, 6.45) is 5.13. The fraction of sp³-hybridized carbons (Fsp3) is 0.571. The van der Waals surface area contributed by atoms with Gasteiger partial charge in [0.1, 0.15) is 0 Å². The maximum absolute atomic E-state index is 3.88. The van der Waals surface area contributed by atoms with Crippen LogP contribution in [0.4, 0.5) is 0 Å². The predicted molar refractivity (Wildman–Crippen MR) is 70.7 cm³/mol. The minimum atomic E-state index is 0.246. The zero-order valence-electron chi connectivity index (χ0n) is 9.83. The van der Waals surface area contributed by atoms with Gasteiger partial charge in [0.15, 0.2) is 0 Å². The van der Waals surface area contributed by atoms with Crippen LogP contribution >= 0.6 is 11.8 Å². The second-order valence-electron chi connectivity index (χ2n) is 4.90. The van der Waals surface area contributed by atoms with Gasteiger partial charge in [-0.2, -0.15) is 0 Å². The molecule has 1 aromatic carbocycles. The molecule has 1 saturated heterocycles. The van der Waals surface area contributed by atoms with Crippen LogP contribution in [0, 0.1) is 0 Å². The topological polar surface area (TPSA) is 12.0 Å². The zero-order valence-corrected chi connectivity index (χ0v) is 10.6. The van der Waals surface area contributed by atoms with Crippen LogP contribution in [0.2, 0.25) is 0 Å². The number of aryl methyl sites for hydroxylation is 1. The van der Waals surface area contributed by atoms with Crippen molar-refractivity contribution in [3.05, 3.63) is 35.4 Å². The van der Waals surface area contributed by atoms with Crippen LogP contribution < -0.4 is 5.32 Å². The second-order valence-corrected chi connectivity index (χ2v) is 6.22. The summed E-state index contributed by atoms with van der Waals surface area (Å²) in [6.45, 7) is 2.28. The number of hydrogen-bond acceptors (Lipinski definition) is 2. The molecular weight excluding hydrogens is 214 g/mol. The SMILES string of the molecule is CCC1CSC2(CCCc3ccccc32)N1. The van der Waals surface area contributed by atoms with Gasteiger partial charge in [0.2, 0.25) is 0 Å². The molecule has 0 bridgehead atoms. The monoisotopic (exact) mass is 233 g/mol. The molecule has 1 aliphatic carbocycles. The lowest BCUT2D eigenvalue weighted by atomic mass is 9.86. The van der Waals surface area contributed by atoms with Crippen molar-refractivity contribution in [1.82, 2.24) is 5.32 Å². The Labute approximate surface area is 102 Å². The molecule has 86 valence electrons. The van der Waals surface area contributed by atoms with E-state index in [-0.39, 0.29) is 4.87 Å². The second kappa shape index (κ2) is 4.08. The van der Waals surface area contributed by atoms with Gasteiger partial charge in [0.05, 0.1) is 4.87 Å². The van der Waals surface area contributed by atoms with Crippen molar-refractivity contribution in [2.75, 3.05) is 5.75 Å². The van der Waals surface area contributed by atoms with Gasteiger partial charge in [-0.05, 0) is 36.8 Å². The van der Waals surface area contributed by atoms with Gasteiger partial charge < -0.3 is 0 Å². The predicted octanol–water partition coefficient (Wildman–Crippen LogP) is 3.29. The van der Waals surface area contributed by atoms with Gasteiger partial charge in [-0.3, -0.25) is 5.32 Å². The first-order chi connectivity index (χ1) is 7.84. The van der Waals surface area contributed by atoms with Gasteiger partial charge in [-0.25, -0.2) is 0 Å². The number of fused-ring (bicyclic) bond motifs is 2. The standard InChI is InChI=1S/C14H19NS/c1-2-12-10-16-14(15-12)9-5-7-11-6-3-4-8-13(11)14/h3-4,6,8,12,15H,2,5,7,9-10H2,1H3. The number of hydrogen-bond donors (Lipinski definition) is 1. The Morgan fingerprint density at radius 2 is 2.31 bits per heavy atom. The molecule has 1 nitrogen and oxygen atoms in total. The maximum Gasteiger partial charge on any atom is 0.0907 e. The summed E-state index contributed by atoms with van der Waals surface area (Å²) in [6, 6.07) is 9.70. The van der Waals surface area contributed by atoms with Crippen LogP contribution in [0.15, 0.2) is 24.3 Å². The van der Waals surface area contributed by atoms with E-state index in [4.69, 9.17) is 0 Å². The minimum absolute atomic E-state index is 0.246. The molecule has 0 saturated carbocycles. The Bertz CT molecular complexity index is 390. The molecule has 1 aliphatic heterocycles. The quantitative estimate of drug-likeness (QED) is 0.799. The Hall–Kier alpha value is -0.470. The van der Waals surface area contributed by atoms with E-state index in [0.717, 1.165) is 0 Å². The van der Waals surface area contributed by atoms with Crippen molar-refractivity contribution < 1.29 is 0 Å². The third-order valence-electron chi connectivity index (χ3n) is 3.89. The summed E-state index contributed by atoms with van der Waals surface area (Å²) in [5.74, 6) is 1.27. The van der Waals surface area contributed by atoms with E-state index in [1.54, 1.807) is 11.1 Å². The van der Waals surface area contributed by atoms with Crippen molar-refractivity contribution in [1.29, 1.82) is 0 Å². The Kier molecular flexibility index (Phi) is 2.72. The van der Waals surface area contributed by atoms with E-state index in [1.165, 1.54) is 31.4 Å². The molecule has 0 aromatic heterocycles. The van der Waals surface area contributed by atoms with Crippen molar-refractivity contribution in [2.24, 2.45) is 0 Å². The molecule has 1 spiro atoms. The molecule has 1 aromatic rings. The average Bonchev–Trinajstić information content (AvgIpc) is 2.74. The molecule has 2 unspecified atom stereocenters. The minimum Gasteiger partial charge on any atom is -0.295 e. The fourth-order valence-electron chi connectivity index (χ4n) is 2.97. The van der Waals surface area contributed by atoms with Crippen molar-refractivity contribution >= 4 is 11.8 Å². The van der Waals surface area contributed by atoms with Gasteiger partial charge in [0.25, 0.3) is 0 Å². The summed E-state index contributed by atoms with van der Waals surface area (Å²) in [4.78, 5) is 0.246. The van der Waals surface area contributed by atoms with E-state index in [9.17, 15) is 0 Å². The highest BCUT2D eigenvalue weighted by molar-refractivity contribution is 8.00. The molecule has 2 heteroatoms. The van der Waals surface area contributed by atoms with E-state index < -0.39 is 0 Å². The first kappa shape index (κ1) is 10.7. The number of nitrogens with one attached hydrogen (secondary N) is 1. The van der Waals surface area contributed by atoms with Crippen molar-refractivity contribution in [2.45, 2.75) is 43.5 Å². The smallest absolute Gasteiger partial charge is 0.0907 e. The van der Waals surface area contributed by atoms with Crippen LogP contribution in [0.3, 0.4) is 0 Å². The van der Waals surface area contributed by atoms with Crippen LogP contribution in [0.1, 0.15) is 37.3 Å². The highest BCUT2D eigenvalue weighted by Gasteiger charge is 2.42. The molecule has 0 radical (unpaired) electrons. The Morgan fingerprint density at radius 1 is 1.44 bits per heavy atom. The first-order valence-corrected chi connectivity index (χ1v) is 7.33. The third-order valence-corrected chi connectivity index (χ3v) is 5.49. The lowest BCUT2D eigenvalue weighted by molar-refractivity contribution is 0.392.